The number of nitrogens with zero attached hydrogens (tertiary/aromatic N) is 2. The molecule has 1 aliphatic rings. The summed E-state index contributed by atoms with van der Waals surface area (Å²) in [6.45, 7) is 12.0. The Balaban J connectivity index is 1.87. The Kier molecular flexibility index (Phi) is 10.9. The number of nitrogens with one attached hydrogen (secondary N) is 3. The highest BCUT2D eigenvalue weighted by Gasteiger charge is 2.28. The van der Waals surface area contributed by atoms with Crippen molar-refractivity contribution in [2.45, 2.75) is 66.0 Å². The SMILES string of the molecule is CCOC(=O)C1CCN(Cc2ccc(N(C(=N)C(=O)NC(C)C)C(=N)c3cc(C(C)C)c(OC)cc3O)cc2)CC1. The number of phenols is 1. The van der Waals surface area contributed by atoms with E-state index in [0.717, 1.165) is 37.1 Å². The molecule has 1 fully saturated rings. The minimum Gasteiger partial charge on any atom is -0.507 e. The number of piperidine rings is 1. The highest BCUT2D eigenvalue weighted by Crippen LogP contribution is 2.34. The lowest BCUT2D eigenvalue weighted by Gasteiger charge is -2.31. The van der Waals surface area contributed by atoms with Crippen LogP contribution < -0.4 is 15.0 Å². The van der Waals surface area contributed by atoms with Gasteiger partial charge in [0.25, 0.3) is 5.91 Å². The fourth-order valence-corrected chi connectivity index (χ4v) is 4.92. The second-order valence-electron chi connectivity index (χ2n) is 10.9. The van der Waals surface area contributed by atoms with E-state index in [2.05, 4.69) is 10.2 Å². The van der Waals surface area contributed by atoms with Crippen LogP contribution in [0.1, 0.15) is 70.1 Å². The van der Waals surface area contributed by atoms with Gasteiger partial charge in [0.15, 0.2) is 5.84 Å². The zero-order valence-electron chi connectivity index (χ0n) is 24.9. The minimum absolute atomic E-state index is 0.0517. The average Bonchev–Trinajstić information content (AvgIpc) is 2.93. The highest BCUT2D eigenvalue weighted by atomic mass is 16.5. The van der Waals surface area contributed by atoms with Gasteiger partial charge in [-0.2, -0.15) is 0 Å². The highest BCUT2D eigenvalue weighted by molar-refractivity contribution is 6.48. The van der Waals surface area contributed by atoms with E-state index >= 15 is 0 Å². The lowest BCUT2D eigenvalue weighted by molar-refractivity contribution is -0.149. The molecule has 1 heterocycles. The Morgan fingerprint density at radius 1 is 1.10 bits per heavy atom. The molecule has 0 saturated carbocycles. The summed E-state index contributed by atoms with van der Waals surface area (Å²) < 4.78 is 10.6. The Labute approximate surface area is 242 Å². The molecule has 0 unspecified atom stereocenters. The van der Waals surface area contributed by atoms with Gasteiger partial charge in [-0.15, -0.1) is 0 Å². The first-order valence-electron chi connectivity index (χ1n) is 14.1. The van der Waals surface area contributed by atoms with Gasteiger partial charge in [-0.1, -0.05) is 26.0 Å². The summed E-state index contributed by atoms with van der Waals surface area (Å²) in [5.41, 5.74) is 2.46. The molecule has 0 atom stereocenters. The van der Waals surface area contributed by atoms with Gasteiger partial charge in [-0.25, -0.2) is 0 Å². The van der Waals surface area contributed by atoms with Gasteiger partial charge in [0, 0.05) is 24.3 Å². The van der Waals surface area contributed by atoms with E-state index in [1.165, 1.54) is 18.1 Å². The molecule has 1 aliphatic heterocycles. The van der Waals surface area contributed by atoms with E-state index in [9.17, 15) is 14.7 Å². The summed E-state index contributed by atoms with van der Waals surface area (Å²) in [6, 6.07) is 10.3. The van der Waals surface area contributed by atoms with Gasteiger partial charge >= 0.3 is 5.97 Å². The summed E-state index contributed by atoms with van der Waals surface area (Å²) in [4.78, 5) is 28.5. The Hall–Kier alpha value is -3.92. The number of aromatic hydroxyl groups is 1. The Morgan fingerprint density at radius 2 is 1.73 bits per heavy atom. The number of methoxy groups -OCH3 is 1. The summed E-state index contributed by atoms with van der Waals surface area (Å²) >= 11 is 0. The number of likely N-dealkylation sites (tertiary alicyclic amines) is 1. The van der Waals surface area contributed by atoms with E-state index in [-0.39, 0.29) is 41.0 Å². The van der Waals surface area contributed by atoms with Crippen molar-refractivity contribution < 1.29 is 24.2 Å². The summed E-state index contributed by atoms with van der Waals surface area (Å²) in [6.07, 6.45) is 1.52. The van der Waals surface area contributed by atoms with E-state index in [0.29, 0.717) is 24.6 Å². The Bertz CT molecular complexity index is 1250. The number of hydrogen-bond acceptors (Lipinski definition) is 8. The largest absolute Gasteiger partial charge is 0.507 e. The van der Waals surface area contributed by atoms with Crippen LogP contribution in [0, 0.1) is 16.7 Å². The van der Waals surface area contributed by atoms with Crippen molar-refractivity contribution in [2.75, 3.05) is 31.7 Å². The first-order chi connectivity index (χ1) is 19.5. The first-order valence-corrected chi connectivity index (χ1v) is 14.1. The molecule has 1 amide bonds. The number of rotatable bonds is 9. The van der Waals surface area contributed by atoms with Crippen LogP contribution in [0.3, 0.4) is 0 Å². The van der Waals surface area contributed by atoms with Crippen LogP contribution in [-0.4, -0.2) is 66.4 Å². The normalized spacial score (nSPS) is 14.1. The number of benzene rings is 2. The average molecular weight is 566 g/mol. The molecular weight excluding hydrogens is 522 g/mol. The first kappa shape index (κ1) is 31.6. The number of ether oxygens (including phenoxy) is 2. The molecule has 4 N–H and O–H groups in total. The topological polar surface area (TPSA) is 139 Å². The smallest absolute Gasteiger partial charge is 0.309 e. The van der Waals surface area contributed by atoms with E-state index in [1.54, 1.807) is 32.0 Å². The third kappa shape index (κ3) is 7.85. The molecule has 0 radical (unpaired) electrons. The van der Waals surface area contributed by atoms with Crippen molar-refractivity contribution in [3.05, 3.63) is 53.1 Å². The van der Waals surface area contributed by atoms with Crippen LogP contribution in [0.15, 0.2) is 36.4 Å². The number of amidine groups is 2. The fourth-order valence-electron chi connectivity index (χ4n) is 4.92. The lowest BCUT2D eigenvalue weighted by atomic mass is 9.96. The number of anilines is 1. The maximum atomic E-state index is 12.9. The monoisotopic (exact) mass is 565 g/mol. The molecule has 3 rings (SSSR count). The van der Waals surface area contributed by atoms with Crippen molar-refractivity contribution in [3.63, 3.8) is 0 Å². The third-order valence-corrected chi connectivity index (χ3v) is 7.12. The molecule has 10 nitrogen and oxygen atoms in total. The second kappa shape index (κ2) is 14.1. The van der Waals surface area contributed by atoms with Gasteiger partial charge in [0.05, 0.1) is 25.2 Å². The van der Waals surface area contributed by atoms with Crippen molar-refractivity contribution in [2.24, 2.45) is 5.92 Å². The van der Waals surface area contributed by atoms with Gasteiger partial charge in [0.1, 0.15) is 17.3 Å². The van der Waals surface area contributed by atoms with Gasteiger partial charge in [0.2, 0.25) is 0 Å². The van der Waals surface area contributed by atoms with E-state index < -0.39 is 11.7 Å². The molecule has 1 saturated heterocycles. The number of carbonyl (C=O) groups excluding carboxylic acids is 2. The molecule has 2 aromatic carbocycles. The van der Waals surface area contributed by atoms with Crippen molar-refractivity contribution in [3.8, 4) is 11.5 Å². The van der Waals surface area contributed by atoms with Gasteiger partial charge in [-0.05, 0) is 81.9 Å². The zero-order chi connectivity index (χ0) is 30.3. The maximum Gasteiger partial charge on any atom is 0.309 e. The van der Waals surface area contributed by atoms with Crippen LogP contribution >= 0.6 is 0 Å². The predicted molar refractivity (Wildman–Crippen MR) is 160 cm³/mol. The number of carbonyl (C=O) groups is 2. The van der Waals surface area contributed by atoms with E-state index in [1.807, 2.05) is 32.9 Å². The Morgan fingerprint density at radius 3 is 2.27 bits per heavy atom. The number of hydrogen-bond donors (Lipinski definition) is 4. The van der Waals surface area contributed by atoms with Gasteiger partial charge in [-0.3, -0.25) is 30.2 Å². The standard InChI is InChI=1S/C31H43N5O5/c1-7-41-31(39)22-12-14-35(15-13-22)18-21-8-10-23(11-9-21)36(29(33)30(38)34-20(4)5)28(32)25-16-24(19(2)3)27(40-6)17-26(25)37/h8-11,16-17,19-20,22,32-33,37H,7,12-15,18H2,1-6H3,(H,34,38). The van der Waals surface area contributed by atoms with E-state index in [4.69, 9.17) is 20.3 Å². The molecule has 222 valence electrons. The molecule has 10 heteroatoms. The van der Waals surface area contributed by atoms with Crippen LogP contribution in [0.25, 0.3) is 0 Å². The maximum absolute atomic E-state index is 12.9. The number of esters is 1. The third-order valence-electron chi connectivity index (χ3n) is 7.12. The van der Waals surface area contributed by atoms with Crippen molar-refractivity contribution in [1.82, 2.24) is 10.2 Å². The second-order valence-corrected chi connectivity index (χ2v) is 10.9. The van der Waals surface area contributed by atoms with Crippen molar-refractivity contribution >= 4 is 29.2 Å². The molecule has 0 aromatic heterocycles. The zero-order valence-corrected chi connectivity index (χ0v) is 24.9. The fraction of sp³-hybridized carbons (Fsp3) is 0.484. The summed E-state index contributed by atoms with van der Waals surface area (Å²) in [5.74, 6) is -1.06. The van der Waals surface area contributed by atoms with Crippen LogP contribution in [0.4, 0.5) is 5.69 Å². The minimum atomic E-state index is -0.629. The molecule has 0 spiro atoms. The van der Waals surface area contributed by atoms with Crippen LogP contribution in [-0.2, 0) is 20.9 Å². The van der Waals surface area contributed by atoms with Gasteiger partial charge < -0.3 is 19.9 Å². The van der Waals surface area contributed by atoms with Crippen LogP contribution in [0.5, 0.6) is 11.5 Å². The quantitative estimate of drug-likeness (QED) is 0.197. The van der Waals surface area contributed by atoms with Crippen molar-refractivity contribution in [1.29, 1.82) is 10.8 Å². The van der Waals surface area contributed by atoms with Crippen LogP contribution in [0.2, 0.25) is 0 Å². The number of phenolic OH excluding ortho intramolecular Hbond substituents is 1. The number of amides is 1. The lowest BCUT2D eigenvalue weighted by Crippen LogP contribution is -2.47. The summed E-state index contributed by atoms with van der Waals surface area (Å²) in [7, 11) is 1.52. The molecule has 41 heavy (non-hydrogen) atoms. The predicted octanol–water partition coefficient (Wildman–Crippen LogP) is 4.63. The molecule has 0 aliphatic carbocycles. The molecule has 0 bridgehead atoms. The molecule has 2 aromatic rings. The summed E-state index contributed by atoms with van der Waals surface area (Å²) in [5, 5.41) is 31.3. The molecular formula is C31H43N5O5.